The van der Waals surface area contributed by atoms with Gasteiger partial charge in [-0.2, -0.15) is 0 Å². The van der Waals surface area contributed by atoms with E-state index in [2.05, 4.69) is 15.3 Å². The van der Waals surface area contributed by atoms with Crippen LogP contribution in [-0.4, -0.2) is 26.8 Å². The number of benzene rings is 2. The highest BCUT2D eigenvalue weighted by Crippen LogP contribution is 2.16. The SMILES string of the molecule is Cc1cccc(Nc2nccc(C(=O)N(Cc3ccccc3)C(C)C)n2)c1. The molecule has 1 N–H and O–H groups in total. The van der Waals surface area contributed by atoms with Gasteiger partial charge in [-0.25, -0.2) is 9.97 Å². The van der Waals surface area contributed by atoms with Crippen molar-refractivity contribution in [3.63, 3.8) is 0 Å². The summed E-state index contributed by atoms with van der Waals surface area (Å²) in [5.74, 6) is 0.304. The average molecular weight is 360 g/mol. The van der Waals surface area contributed by atoms with E-state index in [0.29, 0.717) is 18.2 Å². The fourth-order valence-corrected chi connectivity index (χ4v) is 2.81. The van der Waals surface area contributed by atoms with E-state index in [1.165, 1.54) is 0 Å². The van der Waals surface area contributed by atoms with E-state index in [0.717, 1.165) is 16.8 Å². The molecule has 0 radical (unpaired) electrons. The molecular formula is C22H24N4O. The summed E-state index contributed by atoms with van der Waals surface area (Å²) >= 11 is 0. The monoisotopic (exact) mass is 360 g/mol. The topological polar surface area (TPSA) is 58.1 Å². The summed E-state index contributed by atoms with van der Waals surface area (Å²) < 4.78 is 0. The molecule has 2 aromatic carbocycles. The summed E-state index contributed by atoms with van der Waals surface area (Å²) in [6.45, 7) is 6.58. The number of hydrogen-bond donors (Lipinski definition) is 1. The Kier molecular flexibility index (Phi) is 5.81. The van der Waals surface area contributed by atoms with E-state index in [1.807, 2.05) is 80.3 Å². The molecule has 0 saturated carbocycles. The Hall–Kier alpha value is -3.21. The van der Waals surface area contributed by atoms with Gasteiger partial charge in [-0.3, -0.25) is 4.79 Å². The lowest BCUT2D eigenvalue weighted by molar-refractivity contribution is 0.0684. The fraction of sp³-hybridized carbons (Fsp3) is 0.227. The van der Waals surface area contributed by atoms with Crippen molar-refractivity contribution < 1.29 is 4.79 Å². The molecule has 0 bridgehead atoms. The van der Waals surface area contributed by atoms with Gasteiger partial charge in [0.2, 0.25) is 5.95 Å². The van der Waals surface area contributed by atoms with Crippen LogP contribution >= 0.6 is 0 Å². The number of nitrogens with zero attached hydrogens (tertiary/aromatic N) is 3. The smallest absolute Gasteiger partial charge is 0.273 e. The van der Waals surface area contributed by atoms with Crippen molar-refractivity contribution >= 4 is 17.5 Å². The minimum Gasteiger partial charge on any atom is -0.331 e. The van der Waals surface area contributed by atoms with Crippen molar-refractivity contribution in [3.8, 4) is 0 Å². The van der Waals surface area contributed by atoms with Crippen LogP contribution in [0.1, 0.15) is 35.5 Å². The number of carbonyl (C=O) groups excluding carboxylic acids is 1. The van der Waals surface area contributed by atoms with Crippen LogP contribution in [0.25, 0.3) is 0 Å². The summed E-state index contributed by atoms with van der Waals surface area (Å²) in [5, 5.41) is 3.16. The van der Waals surface area contributed by atoms with Crippen molar-refractivity contribution in [2.75, 3.05) is 5.32 Å². The molecule has 0 saturated heterocycles. The molecule has 27 heavy (non-hydrogen) atoms. The van der Waals surface area contributed by atoms with E-state index in [1.54, 1.807) is 12.3 Å². The average Bonchev–Trinajstić information content (AvgIpc) is 2.66. The highest BCUT2D eigenvalue weighted by Gasteiger charge is 2.20. The standard InChI is InChI=1S/C22H24N4O/c1-16(2)26(15-18-9-5-4-6-10-18)21(27)20-12-13-23-22(25-20)24-19-11-7-8-17(3)14-19/h4-14,16H,15H2,1-3H3,(H,23,24,25). The van der Waals surface area contributed by atoms with Crippen LogP contribution in [0.5, 0.6) is 0 Å². The minimum absolute atomic E-state index is 0.0563. The summed E-state index contributed by atoms with van der Waals surface area (Å²) in [7, 11) is 0. The fourth-order valence-electron chi connectivity index (χ4n) is 2.81. The molecule has 0 unspecified atom stereocenters. The van der Waals surface area contributed by atoms with Gasteiger partial charge in [-0.05, 0) is 50.1 Å². The minimum atomic E-state index is -0.108. The van der Waals surface area contributed by atoms with Crippen LogP contribution in [0.15, 0.2) is 66.9 Å². The maximum absolute atomic E-state index is 13.1. The van der Waals surface area contributed by atoms with Crippen LogP contribution in [0.4, 0.5) is 11.6 Å². The molecule has 1 aromatic heterocycles. The van der Waals surface area contributed by atoms with Gasteiger partial charge in [0, 0.05) is 24.5 Å². The lowest BCUT2D eigenvalue weighted by atomic mass is 10.1. The zero-order valence-corrected chi connectivity index (χ0v) is 15.9. The number of carbonyl (C=O) groups is 1. The van der Waals surface area contributed by atoms with Gasteiger partial charge in [0.05, 0.1) is 0 Å². The van der Waals surface area contributed by atoms with Crippen molar-refractivity contribution in [2.24, 2.45) is 0 Å². The number of anilines is 2. The predicted octanol–water partition coefficient (Wildman–Crippen LogP) is 4.58. The van der Waals surface area contributed by atoms with Crippen molar-refractivity contribution in [2.45, 2.75) is 33.4 Å². The first-order valence-electron chi connectivity index (χ1n) is 9.04. The number of hydrogen-bond acceptors (Lipinski definition) is 4. The van der Waals surface area contributed by atoms with Gasteiger partial charge < -0.3 is 10.2 Å². The van der Waals surface area contributed by atoms with Crippen molar-refractivity contribution in [1.82, 2.24) is 14.9 Å². The predicted molar refractivity (Wildman–Crippen MR) is 108 cm³/mol. The maximum Gasteiger partial charge on any atom is 0.273 e. The van der Waals surface area contributed by atoms with Crippen LogP contribution in [-0.2, 0) is 6.54 Å². The van der Waals surface area contributed by atoms with Crippen LogP contribution in [0, 0.1) is 6.92 Å². The number of nitrogens with one attached hydrogen (secondary N) is 1. The van der Waals surface area contributed by atoms with E-state index >= 15 is 0 Å². The maximum atomic E-state index is 13.1. The molecule has 0 aliphatic heterocycles. The van der Waals surface area contributed by atoms with E-state index in [-0.39, 0.29) is 11.9 Å². The van der Waals surface area contributed by atoms with E-state index < -0.39 is 0 Å². The van der Waals surface area contributed by atoms with Crippen LogP contribution in [0.2, 0.25) is 0 Å². The lowest BCUT2D eigenvalue weighted by Gasteiger charge is -2.26. The van der Waals surface area contributed by atoms with Crippen LogP contribution < -0.4 is 5.32 Å². The third-order valence-corrected chi connectivity index (χ3v) is 4.23. The zero-order valence-electron chi connectivity index (χ0n) is 15.9. The van der Waals surface area contributed by atoms with Crippen molar-refractivity contribution in [3.05, 3.63) is 83.7 Å². The molecule has 5 nitrogen and oxygen atoms in total. The lowest BCUT2D eigenvalue weighted by Crippen LogP contribution is -2.37. The van der Waals surface area contributed by atoms with Gasteiger partial charge in [0.25, 0.3) is 5.91 Å². The number of amides is 1. The van der Waals surface area contributed by atoms with Gasteiger partial charge >= 0.3 is 0 Å². The first-order chi connectivity index (χ1) is 13.0. The molecule has 5 heteroatoms. The molecule has 3 rings (SSSR count). The van der Waals surface area contributed by atoms with Gasteiger partial charge in [0.1, 0.15) is 5.69 Å². The molecule has 1 amide bonds. The molecule has 0 spiro atoms. The number of rotatable bonds is 6. The summed E-state index contributed by atoms with van der Waals surface area (Å²) in [4.78, 5) is 23.5. The van der Waals surface area contributed by atoms with Crippen LogP contribution in [0.3, 0.4) is 0 Å². The molecule has 0 aliphatic rings. The Bertz CT molecular complexity index is 909. The molecule has 0 aliphatic carbocycles. The first kappa shape index (κ1) is 18.6. The Labute approximate surface area is 160 Å². The third-order valence-electron chi connectivity index (χ3n) is 4.23. The number of aryl methyl sites for hydroxylation is 1. The second-order valence-electron chi connectivity index (χ2n) is 6.77. The van der Waals surface area contributed by atoms with Gasteiger partial charge in [-0.15, -0.1) is 0 Å². The third kappa shape index (κ3) is 4.91. The van der Waals surface area contributed by atoms with Crippen molar-refractivity contribution in [1.29, 1.82) is 0 Å². The summed E-state index contributed by atoms with van der Waals surface area (Å²) in [6, 6.07) is 19.6. The Balaban J connectivity index is 1.80. The summed E-state index contributed by atoms with van der Waals surface area (Å²) in [5.41, 5.74) is 3.50. The van der Waals surface area contributed by atoms with E-state index in [9.17, 15) is 4.79 Å². The second kappa shape index (κ2) is 8.45. The quantitative estimate of drug-likeness (QED) is 0.699. The Morgan fingerprint density at radius 2 is 1.85 bits per heavy atom. The molecule has 3 aromatic rings. The number of aromatic nitrogens is 2. The van der Waals surface area contributed by atoms with E-state index in [4.69, 9.17) is 0 Å². The Morgan fingerprint density at radius 3 is 2.56 bits per heavy atom. The first-order valence-corrected chi connectivity index (χ1v) is 9.04. The largest absolute Gasteiger partial charge is 0.331 e. The Morgan fingerprint density at radius 1 is 1.07 bits per heavy atom. The highest BCUT2D eigenvalue weighted by atomic mass is 16.2. The zero-order chi connectivity index (χ0) is 19.2. The normalized spacial score (nSPS) is 10.7. The molecule has 1 heterocycles. The van der Waals surface area contributed by atoms with Gasteiger partial charge in [0.15, 0.2) is 0 Å². The molecule has 138 valence electrons. The molecule has 0 atom stereocenters. The molecule has 0 fully saturated rings. The van der Waals surface area contributed by atoms with Gasteiger partial charge in [-0.1, -0.05) is 42.5 Å². The highest BCUT2D eigenvalue weighted by molar-refractivity contribution is 5.92. The summed E-state index contributed by atoms with van der Waals surface area (Å²) in [6.07, 6.45) is 1.61. The molecular weight excluding hydrogens is 336 g/mol. The second-order valence-corrected chi connectivity index (χ2v) is 6.77.